The molecule has 0 aliphatic rings. The maximum absolute atomic E-state index is 12.5. The molecule has 0 saturated heterocycles. The molecule has 0 spiro atoms. The molecule has 0 aliphatic heterocycles. The molecular formula is C14H15F3N2O3. The molecule has 0 atom stereocenters. The van der Waals surface area contributed by atoms with Gasteiger partial charge in [-0.2, -0.15) is 5.06 Å². The molecule has 1 aromatic carbocycles. The Morgan fingerprint density at radius 3 is 2.41 bits per heavy atom. The van der Waals surface area contributed by atoms with E-state index in [2.05, 4.69) is 0 Å². The van der Waals surface area contributed by atoms with Crippen molar-refractivity contribution in [3.05, 3.63) is 30.5 Å². The minimum Gasteiger partial charge on any atom is -0.443 e. The molecule has 0 unspecified atom stereocenters. The van der Waals surface area contributed by atoms with Gasteiger partial charge in [0.05, 0.1) is 11.2 Å². The first-order chi connectivity index (χ1) is 9.99. The van der Waals surface area contributed by atoms with Gasteiger partial charge in [0, 0.05) is 11.6 Å². The van der Waals surface area contributed by atoms with Gasteiger partial charge < -0.3 is 4.74 Å². The van der Waals surface area contributed by atoms with Crippen LogP contribution in [0.15, 0.2) is 30.5 Å². The third-order valence-electron chi connectivity index (χ3n) is 2.75. The van der Waals surface area contributed by atoms with Gasteiger partial charge in [0.15, 0.2) is 0 Å². The Kier molecular flexibility index (Phi) is 3.82. The van der Waals surface area contributed by atoms with E-state index in [-0.39, 0.29) is 0 Å². The lowest BCUT2D eigenvalue weighted by Gasteiger charge is -2.20. The summed E-state index contributed by atoms with van der Waals surface area (Å²) in [5.41, 5.74) is -0.748. The molecule has 0 aliphatic carbocycles. The van der Waals surface area contributed by atoms with Crippen LogP contribution >= 0.6 is 0 Å². The number of fused-ring (bicyclic) bond motifs is 1. The molecule has 22 heavy (non-hydrogen) atoms. The second-order valence-corrected chi connectivity index (χ2v) is 5.69. The van der Waals surface area contributed by atoms with Crippen LogP contribution in [0.2, 0.25) is 0 Å². The Morgan fingerprint density at radius 1 is 1.23 bits per heavy atom. The third kappa shape index (κ3) is 3.33. The highest BCUT2D eigenvalue weighted by atomic mass is 19.4. The summed E-state index contributed by atoms with van der Waals surface area (Å²) in [5, 5.41) is 8.68. The van der Waals surface area contributed by atoms with Crippen LogP contribution < -0.4 is 5.06 Å². The molecule has 1 N–H and O–H groups in total. The average Bonchev–Trinajstić information content (AvgIpc) is 2.77. The first-order valence-electron chi connectivity index (χ1n) is 6.39. The molecule has 0 bridgehead atoms. The van der Waals surface area contributed by atoms with Crippen molar-refractivity contribution >= 4 is 22.7 Å². The van der Waals surface area contributed by atoms with Gasteiger partial charge in [-0.05, 0) is 45.0 Å². The molecule has 120 valence electrons. The van der Waals surface area contributed by atoms with E-state index in [1.807, 2.05) is 0 Å². The molecule has 0 radical (unpaired) electrons. The number of carbonyl (C=O) groups is 1. The lowest BCUT2D eigenvalue weighted by molar-refractivity contribution is -0.176. The van der Waals surface area contributed by atoms with Crippen LogP contribution in [-0.4, -0.2) is 27.8 Å². The molecule has 8 heteroatoms. The fourth-order valence-corrected chi connectivity index (χ4v) is 1.88. The number of anilines is 1. The summed E-state index contributed by atoms with van der Waals surface area (Å²) in [4.78, 5) is 12.0. The highest BCUT2D eigenvalue weighted by molar-refractivity contribution is 5.91. The van der Waals surface area contributed by atoms with Crippen LogP contribution in [0.4, 0.5) is 23.7 Å². The summed E-state index contributed by atoms with van der Waals surface area (Å²) in [6, 6.07) is 4.97. The second-order valence-electron chi connectivity index (χ2n) is 5.69. The maximum atomic E-state index is 12.5. The van der Waals surface area contributed by atoms with Crippen molar-refractivity contribution in [1.29, 1.82) is 0 Å². The van der Waals surface area contributed by atoms with Gasteiger partial charge in [-0.25, -0.2) is 4.79 Å². The van der Waals surface area contributed by atoms with Gasteiger partial charge in [-0.1, -0.05) is 0 Å². The Bertz CT molecular complexity index is 701. The van der Waals surface area contributed by atoms with Gasteiger partial charge in [-0.3, -0.25) is 9.77 Å². The molecule has 1 heterocycles. The summed E-state index contributed by atoms with van der Waals surface area (Å²) in [6.45, 7) is 5.13. The van der Waals surface area contributed by atoms with Gasteiger partial charge in [-0.15, -0.1) is 13.2 Å². The predicted molar refractivity (Wildman–Crippen MR) is 73.9 cm³/mol. The van der Waals surface area contributed by atoms with Crippen molar-refractivity contribution in [2.24, 2.45) is 0 Å². The van der Waals surface area contributed by atoms with E-state index >= 15 is 0 Å². The molecule has 0 amide bonds. The second kappa shape index (κ2) is 5.20. The largest absolute Gasteiger partial charge is 0.508 e. The molecule has 2 aromatic rings. The Hall–Kier alpha value is -2.22. The van der Waals surface area contributed by atoms with E-state index in [1.165, 1.54) is 22.9 Å². The molecule has 0 fully saturated rings. The minimum absolute atomic E-state index is 0.367. The number of halogens is 3. The van der Waals surface area contributed by atoms with Crippen molar-refractivity contribution in [1.82, 2.24) is 4.57 Å². The van der Waals surface area contributed by atoms with Crippen molar-refractivity contribution in [3.63, 3.8) is 0 Å². The van der Waals surface area contributed by atoms with E-state index in [9.17, 15) is 18.0 Å². The molecule has 1 aromatic heterocycles. The number of benzene rings is 1. The summed E-state index contributed by atoms with van der Waals surface area (Å²) in [6.07, 6.45) is -4.13. The summed E-state index contributed by atoms with van der Waals surface area (Å²) >= 11 is 0. The van der Waals surface area contributed by atoms with Gasteiger partial charge in [0.2, 0.25) is 0 Å². The highest BCUT2D eigenvalue weighted by Crippen LogP contribution is 2.29. The minimum atomic E-state index is -4.90. The summed E-state index contributed by atoms with van der Waals surface area (Å²) in [7, 11) is 0. The lowest BCUT2D eigenvalue weighted by atomic mass is 10.2. The zero-order chi connectivity index (χ0) is 16.7. The quantitative estimate of drug-likeness (QED) is 0.634. The van der Waals surface area contributed by atoms with Crippen LogP contribution in [0.5, 0.6) is 0 Å². The highest BCUT2D eigenvalue weighted by Gasteiger charge is 2.37. The smallest absolute Gasteiger partial charge is 0.443 e. The first kappa shape index (κ1) is 16.2. The van der Waals surface area contributed by atoms with Gasteiger partial charge in [0.25, 0.3) is 0 Å². The average molecular weight is 316 g/mol. The van der Waals surface area contributed by atoms with Crippen LogP contribution in [0, 0.1) is 0 Å². The topological polar surface area (TPSA) is 54.7 Å². The van der Waals surface area contributed by atoms with Gasteiger partial charge >= 0.3 is 12.4 Å². The van der Waals surface area contributed by atoms with E-state index in [0.717, 1.165) is 12.1 Å². The number of aromatic nitrogens is 1. The Morgan fingerprint density at radius 2 is 1.86 bits per heavy atom. The van der Waals surface area contributed by atoms with Crippen LogP contribution in [0.1, 0.15) is 20.8 Å². The number of carbonyl (C=O) groups excluding carboxylic acids is 1. The number of rotatable bonds is 1. The van der Waals surface area contributed by atoms with E-state index in [1.54, 1.807) is 20.8 Å². The normalized spacial score (nSPS) is 12.5. The van der Waals surface area contributed by atoms with Gasteiger partial charge in [0.1, 0.15) is 5.60 Å². The number of nitrogens with zero attached hydrogens (tertiary/aromatic N) is 2. The van der Waals surface area contributed by atoms with E-state index in [4.69, 9.17) is 9.94 Å². The monoisotopic (exact) mass is 316 g/mol. The number of hydrogen-bond donors (Lipinski definition) is 1. The molecule has 5 nitrogen and oxygen atoms in total. The fourth-order valence-electron chi connectivity index (χ4n) is 1.88. The van der Waals surface area contributed by atoms with Crippen LogP contribution in [0.3, 0.4) is 0 Å². The standard InChI is InChI=1S/C14H15F3N2O3/c1-13(2,3)22-12(20)18-7-6-9-8-10(4-5-11(9)18)19(21)14(15,16)17/h4-8,21H,1-3H3. The first-order valence-corrected chi connectivity index (χ1v) is 6.39. The van der Waals surface area contributed by atoms with Crippen molar-refractivity contribution in [3.8, 4) is 0 Å². The van der Waals surface area contributed by atoms with E-state index < -0.39 is 28.7 Å². The zero-order valence-corrected chi connectivity index (χ0v) is 12.2. The predicted octanol–water partition coefficient (Wildman–Crippen LogP) is 4.14. The Balaban J connectivity index is 2.37. The molecular weight excluding hydrogens is 301 g/mol. The lowest BCUT2D eigenvalue weighted by Crippen LogP contribution is -2.34. The summed E-state index contributed by atoms with van der Waals surface area (Å²) < 4.78 is 43.8. The van der Waals surface area contributed by atoms with Crippen LogP contribution in [-0.2, 0) is 4.74 Å². The fraction of sp³-hybridized carbons (Fsp3) is 0.357. The summed E-state index contributed by atoms with van der Waals surface area (Å²) in [5.74, 6) is 0. The van der Waals surface area contributed by atoms with Crippen molar-refractivity contribution in [2.75, 3.05) is 5.06 Å². The SMILES string of the molecule is CC(C)(C)OC(=O)n1ccc2cc(N(O)C(F)(F)F)ccc21. The third-order valence-corrected chi connectivity index (χ3v) is 2.75. The van der Waals surface area contributed by atoms with Crippen LogP contribution in [0.25, 0.3) is 10.9 Å². The maximum Gasteiger partial charge on any atom is 0.508 e. The Labute approximate surface area is 124 Å². The number of ether oxygens (including phenoxy) is 1. The zero-order valence-electron chi connectivity index (χ0n) is 12.2. The number of hydroxylamine groups is 1. The molecule has 0 saturated carbocycles. The molecule has 2 rings (SSSR count). The van der Waals surface area contributed by atoms with Crippen molar-refractivity contribution in [2.45, 2.75) is 32.7 Å². The number of alkyl halides is 3. The number of hydrogen-bond acceptors (Lipinski definition) is 4. The van der Waals surface area contributed by atoms with Crippen molar-refractivity contribution < 1.29 is 27.9 Å². The van der Waals surface area contributed by atoms with E-state index in [0.29, 0.717) is 10.9 Å².